The standard InChI is InChI=1S/C7H18NO2PS.C2H2O4/c1-5-10-11(4,9)12-7-6-8(2)3;3-1(4)2(5)6/h5-7H2,1-4H3;(H,3,4)(H,5,6). The second-order valence-electron chi connectivity index (χ2n) is 3.44. The molecule has 0 saturated carbocycles. The van der Waals surface area contributed by atoms with Gasteiger partial charge in [-0.2, -0.15) is 0 Å². The Morgan fingerprint density at radius 1 is 1.28 bits per heavy atom. The van der Waals surface area contributed by atoms with E-state index in [1.807, 2.05) is 21.0 Å². The highest BCUT2D eigenvalue weighted by atomic mass is 32.7. The van der Waals surface area contributed by atoms with Crippen molar-refractivity contribution in [2.75, 3.05) is 39.7 Å². The number of nitrogens with zero attached hydrogens (tertiary/aromatic N) is 1. The van der Waals surface area contributed by atoms with Crippen LogP contribution in [0.5, 0.6) is 0 Å². The van der Waals surface area contributed by atoms with Gasteiger partial charge in [-0.1, -0.05) is 11.4 Å². The highest BCUT2D eigenvalue weighted by Crippen LogP contribution is 2.55. The first-order valence-corrected chi connectivity index (χ1v) is 8.76. The lowest BCUT2D eigenvalue weighted by Gasteiger charge is -2.13. The summed E-state index contributed by atoms with van der Waals surface area (Å²) < 4.78 is 16.6. The number of hydrogen-bond donors (Lipinski definition) is 2. The van der Waals surface area contributed by atoms with E-state index in [9.17, 15) is 4.57 Å². The van der Waals surface area contributed by atoms with E-state index >= 15 is 0 Å². The van der Waals surface area contributed by atoms with Crippen molar-refractivity contribution in [3.05, 3.63) is 0 Å². The summed E-state index contributed by atoms with van der Waals surface area (Å²) in [5, 5.41) is 14.8. The first-order valence-electron chi connectivity index (χ1n) is 5.10. The van der Waals surface area contributed by atoms with Gasteiger partial charge in [0.2, 0.25) is 0 Å². The maximum atomic E-state index is 11.5. The first kappa shape index (κ1) is 19.8. The molecule has 0 aromatic carbocycles. The molecule has 18 heavy (non-hydrogen) atoms. The maximum absolute atomic E-state index is 11.5. The van der Waals surface area contributed by atoms with Crippen molar-refractivity contribution in [3.8, 4) is 0 Å². The summed E-state index contributed by atoms with van der Waals surface area (Å²) in [5.41, 5.74) is 0. The highest BCUT2D eigenvalue weighted by molar-refractivity contribution is 8.56. The fourth-order valence-corrected chi connectivity index (χ4v) is 3.76. The van der Waals surface area contributed by atoms with E-state index in [0.29, 0.717) is 6.61 Å². The van der Waals surface area contributed by atoms with Gasteiger partial charge in [0.15, 0.2) is 0 Å². The zero-order valence-corrected chi connectivity index (χ0v) is 12.7. The number of carbonyl (C=O) groups is 2. The Hall–Kier alpha value is -0.560. The predicted molar refractivity (Wildman–Crippen MR) is 71.4 cm³/mol. The third-order valence-corrected chi connectivity index (χ3v) is 5.24. The molecule has 1 atom stereocenters. The topological polar surface area (TPSA) is 104 Å². The van der Waals surface area contributed by atoms with Crippen molar-refractivity contribution < 1.29 is 28.9 Å². The lowest BCUT2D eigenvalue weighted by molar-refractivity contribution is -0.159. The molecule has 0 aromatic rings. The second kappa shape index (κ2) is 10.4. The minimum absolute atomic E-state index is 0.530. The molecule has 0 fully saturated rings. The molecule has 0 bridgehead atoms. The van der Waals surface area contributed by atoms with Crippen molar-refractivity contribution in [1.82, 2.24) is 4.90 Å². The van der Waals surface area contributed by atoms with Gasteiger partial charge in [0.25, 0.3) is 6.57 Å². The molecule has 0 heterocycles. The van der Waals surface area contributed by atoms with E-state index in [1.54, 1.807) is 6.66 Å². The molecule has 0 spiro atoms. The quantitative estimate of drug-likeness (QED) is 0.559. The summed E-state index contributed by atoms with van der Waals surface area (Å²) in [6.07, 6.45) is 0. The van der Waals surface area contributed by atoms with Gasteiger partial charge in [-0.3, -0.25) is 4.57 Å². The van der Waals surface area contributed by atoms with Crippen LogP contribution in [-0.2, 0) is 18.7 Å². The van der Waals surface area contributed by atoms with Crippen molar-refractivity contribution in [3.63, 3.8) is 0 Å². The third-order valence-electron chi connectivity index (χ3n) is 1.41. The molecular formula is C9H20NO6PS. The first-order chi connectivity index (χ1) is 8.12. The fraction of sp³-hybridized carbons (Fsp3) is 0.778. The van der Waals surface area contributed by atoms with Crippen molar-refractivity contribution in [2.24, 2.45) is 0 Å². The third kappa shape index (κ3) is 15.4. The van der Waals surface area contributed by atoms with Crippen molar-refractivity contribution >= 4 is 29.9 Å². The average Bonchev–Trinajstić information content (AvgIpc) is 2.16. The number of rotatable bonds is 6. The van der Waals surface area contributed by atoms with Crippen LogP contribution in [0.3, 0.4) is 0 Å². The molecule has 7 nitrogen and oxygen atoms in total. The van der Waals surface area contributed by atoms with Crippen LogP contribution in [0.4, 0.5) is 0 Å². The largest absolute Gasteiger partial charge is 0.473 e. The smallest absolute Gasteiger partial charge is 0.414 e. The average molecular weight is 301 g/mol. The molecule has 0 aromatic heterocycles. The van der Waals surface area contributed by atoms with Gasteiger partial charge in [0.05, 0.1) is 6.61 Å². The van der Waals surface area contributed by atoms with E-state index in [-0.39, 0.29) is 0 Å². The van der Waals surface area contributed by atoms with Crippen molar-refractivity contribution in [1.29, 1.82) is 0 Å². The van der Waals surface area contributed by atoms with Gasteiger partial charge in [0, 0.05) is 19.0 Å². The lowest BCUT2D eigenvalue weighted by atomic mass is 10.7. The van der Waals surface area contributed by atoms with Crippen LogP contribution in [0.2, 0.25) is 0 Å². The summed E-state index contributed by atoms with van der Waals surface area (Å²) in [6.45, 7) is 2.65. The van der Waals surface area contributed by atoms with Gasteiger partial charge >= 0.3 is 11.9 Å². The molecule has 108 valence electrons. The molecule has 0 aliphatic heterocycles. The lowest BCUT2D eigenvalue weighted by Crippen LogP contribution is -2.14. The number of carboxylic acids is 2. The van der Waals surface area contributed by atoms with Gasteiger partial charge in [-0.15, -0.1) is 0 Å². The van der Waals surface area contributed by atoms with Crippen molar-refractivity contribution in [2.45, 2.75) is 6.92 Å². The Bertz CT molecular complexity index is 297. The fourth-order valence-electron chi connectivity index (χ4n) is 0.661. The van der Waals surface area contributed by atoms with Crippen LogP contribution >= 0.6 is 18.0 Å². The van der Waals surface area contributed by atoms with E-state index in [0.717, 1.165) is 12.3 Å². The molecule has 0 radical (unpaired) electrons. The van der Waals surface area contributed by atoms with Crippen LogP contribution in [0.1, 0.15) is 6.92 Å². The maximum Gasteiger partial charge on any atom is 0.414 e. The van der Waals surface area contributed by atoms with Crippen LogP contribution in [-0.4, -0.2) is 66.7 Å². The molecular weight excluding hydrogens is 281 g/mol. The summed E-state index contributed by atoms with van der Waals surface area (Å²) in [6, 6.07) is 0. The Labute approximate surface area is 111 Å². The monoisotopic (exact) mass is 301 g/mol. The van der Waals surface area contributed by atoms with E-state index in [2.05, 4.69) is 4.90 Å². The second-order valence-corrected chi connectivity index (χ2v) is 8.67. The van der Waals surface area contributed by atoms with Crippen LogP contribution in [0, 0.1) is 0 Å². The Balaban J connectivity index is 0. The van der Waals surface area contributed by atoms with Gasteiger partial charge < -0.3 is 19.6 Å². The van der Waals surface area contributed by atoms with Gasteiger partial charge in [0.1, 0.15) is 0 Å². The van der Waals surface area contributed by atoms with Crippen LogP contribution in [0.25, 0.3) is 0 Å². The van der Waals surface area contributed by atoms with E-state index < -0.39 is 18.5 Å². The summed E-state index contributed by atoms with van der Waals surface area (Å²) in [5.74, 6) is -2.79. The summed E-state index contributed by atoms with van der Waals surface area (Å²) >= 11 is 1.42. The van der Waals surface area contributed by atoms with Crippen LogP contribution < -0.4 is 0 Å². The Morgan fingerprint density at radius 3 is 2.00 bits per heavy atom. The van der Waals surface area contributed by atoms with Gasteiger partial charge in [-0.25, -0.2) is 9.59 Å². The molecule has 0 aliphatic carbocycles. The minimum atomic E-state index is -2.36. The molecule has 0 aliphatic rings. The molecule has 0 saturated heterocycles. The molecule has 1 unspecified atom stereocenters. The zero-order chi connectivity index (χ0) is 14.8. The summed E-state index contributed by atoms with van der Waals surface area (Å²) in [4.78, 5) is 20.3. The zero-order valence-electron chi connectivity index (χ0n) is 11.0. The van der Waals surface area contributed by atoms with E-state index in [4.69, 9.17) is 24.3 Å². The normalized spacial score (nSPS) is 13.4. The Morgan fingerprint density at radius 2 is 1.72 bits per heavy atom. The highest BCUT2D eigenvalue weighted by Gasteiger charge is 2.14. The predicted octanol–water partition coefficient (Wildman–Crippen LogP) is 1.30. The molecule has 9 heteroatoms. The van der Waals surface area contributed by atoms with Crippen LogP contribution in [0.15, 0.2) is 0 Å². The molecule has 0 amide bonds. The molecule has 0 rings (SSSR count). The minimum Gasteiger partial charge on any atom is -0.473 e. The number of hydrogen-bond acceptors (Lipinski definition) is 6. The Kier molecular flexibility index (Phi) is 11.4. The van der Waals surface area contributed by atoms with Gasteiger partial charge in [-0.05, 0) is 21.0 Å². The number of aliphatic carboxylic acids is 2. The SMILES string of the molecule is CCOP(C)(=O)SCCN(C)C.O=C(O)C(=O)O. The molecule has 2 N–H and O–H groups in total. The van der Waals surface area contributed by atoms with E-state index in [1.165, 1.54) is 11.4 Å². The summed E-state index contributed by atoms with van der Waals surface area (Å²) in [7, 11) is 4.00. The number of carboxylic acid groups (broad SMARTS) is 2.